The molecule has 1 aliphatic heterocycles. The highest BCUT2D eigenvalue weighted by atomic mass is 19.2. The maximum Gasteiger partial charge on any atom is 0.182 e. The third-order valence-electron chi connectivity index (χ3n) is 7.97. The molecule has 0 radical (unpaired) electrons. The Morgan fingerprint density at radius 1 is 1.00 bits per heavy atom. The number of hydroxylamine groups is 2. The lowest BCUT2D eigenvalue weighted by atomic mass is 9.96. The van der Waals surface area contributed by atoms with Crippen molar-refractivity contribution in [3.8, 4) is 16.9 Å². The van der Waals surface area contributed by atoms with E-state index in [-0.39, 0.29) is 12.0 Å². The average molecular weight is 635 g/mol. The summed E-state index contributed by atoms with van der Waals surface area (Å²) in [6, 6.07) is 22.0. The van der Waals surface area contributed by atoms with Crippen LogP contribution in [0, 0.1) is 24.5 Å². The fourth-order valence-electron chi connectivity index (χ4n) is 5.75. The van der Waals surface area contributed by atoms with E-state index in [1.54, 1.807) is 17.9 Å². The van der Waals surface area contributed by atoms with Crippen LogP contribution in [0.3, 0.4) is 0 Å². The Kier molecular flexibility index (Phi) is 11.4. The molecule has 0 saturated carbocycles. The molecule has 2 heterocycles. The monoisotopic (exact) mass is 634 g/mol. The maximum absolute atomic E-state index is 14.2. The number of halogens is 2. The van der Waals surface area contributed by atoms with Crippen LogP contribution in [0.5, 0.6) is 0 Å². The van der Waals surface area contributed by atoms with E-state index in [0.717, 1.165) is 47.1 Å². The van der Waals surface area contributed by atoms with E-state index < -0.39 is 24.1 Å². The van der Waals surface area contributed by atoms with Crippen molar-refractivity contribution in [1.29, 1.82) is 0 Å². The number of nitrogens with one attached hydrogen (secondary N) is 3. The predicted molar refractivity (Wildman–Crippen MR) is 176 cm³/mol. The molecule has 9 nitrogen and oxygen atoms in total. The molecule has 0 amide bonds. The molecule has 5 rings (SSSR count). The van der Waals surface area contributed by atoms with E-state index >= 15 is 0 Å². The van der Waals surface area contributed by atoms with Crippen molar-refractivity contribution in [2.75, 3.05) is 44.0 Å². The van der Waals surface area contributed by atoms with Gasteiger partial charge in [-0.3, -0.25) is 10.2 Å². The summed E-state index contributed by atoms with van der Waals surface area (Å²) >= 11 is 0. The third kappa shape index (κ3) is 8.28. The third-order valence-corrected chi connectivity index (χ3v) is 7.97. The minimum Gasteiger partial charge on any atom is -0.385 e. The van der Waals surface area contributed by atoms with Crippen LogP contribution in [0.4, 0.5) is 20.3 Å². The van der Waals surface area contributed by atoms with Crippen LogP contribution in [0.2, 0.25) is 0 Å². The lowest BCUT2D eigenvalue weighted by Crippen LogP contribution is -2.41. The molecule has 1 fully saturated rings. The van der Waals surface area contributed by atoms with Gasteiger partial charge in [-0.25, -0.2) is 13.5 Å². The number of unbranched alkanes of at least 4 members (excludes halogenated alkanes) is 1. The van der Waals surface area contributed by atoms with Gasteiger partial charge in [-0.05, 0) is 75.6 Å². The van der Waals surface area contributed by atoms with Gasteiger partial charge in [0, 0.05) is 62.1 Å². The van der Waals surface area contributed by atoms with Crippen molar-refractivity contribution in [2.24, 2.45) is 5.92 Å². The Balaban J connectivity index is 1.34. The topological polar surface area (TPSA) is 95.8 Å². The second-order valence-corrected chi connectivity index (χ2v) is 12.0. The number of benzene rings is 3. The first-order chi connectivity index (χ1) is 22.2. The van der Waals surface area contributed by atoms with Crippen molar-refractivity contribution in [1.82, 2.24) is 20.2 Å². The Hall–Kier alpha value is -3.87. The molecule has 0 bridgehead atoms. The van der Waals surface area contributed by atoms with Crippen LogP contribution in [0.25, 0.3) is 16.9 Å². The van der Waals surface area contributed by atoms with Crippen molar-refractivity contribution < 1.29 is 23.5 Å². The Labute approximate surface area is 269 Å². The minimum atomic E-state index is -1.14. The second-order valence-electron chi connectivity index (χ2n) is 12.0. The van der Waals surface area contributed by atoms with Gasteiger partial charge in [-0.2, -0.15) is 10.2 Å². The van der Waals surface area contributed by atoms with Gasteiger partial charge in [0.25, 0.3) is 0 Å². The van der Waals surface area contributed by atoms with E-state index in [9.17, 15) is 13.9 Å². The van der Waals surface area contributed by atoms with E-state index in [1.165, 1.54) is 6.07 Å². The van der Waals surface area contributed by atoms with E-state index in [2.05, 4.69) is 35.9 Å². The number of hydrogen-bond donors (Lipinski definition) is 4. The van der Waals surface area contributed by atoms with Gasteiger partial charge in [0.05, 0.1) is 11.4 Å². The first kappa shape index (κ1) is 33.5. The molecule has 0 spiro atoms. The maximum atomic E-state index is 14.2. The molecule has 1 saturated heterocycles. The fourth-order valence-corrected chi connectivity index (χ4v) is 5.75. The highest BCUT2D eigenvalue weighted by Crippen LogP contribution is 2.35. The lowest BCUT2D eigenvalue weighted by molar-refractivity contribution is -0.150. The molecule has 3 aromatic carbocycles. The van der Waals surface area contributed by atoms with Gasteiger partial charge in [0.15, 0.2) is 18.0 Å². The minimum absolute atomic E-state index is 0.143. The Bertz CT molecular complexity index is 1570. The molecule has 246 valence electrons. The molecule has 4 aromatic rings. The highest BCUT2D eigenvalue weighted by Gasteiger charge is 2.36. The summed E-state index contributed by atoms with van der Waals surface area (Å²) in [5, 5.41) is 27.9. The van der Waals surface area contributed by atoms with Crippen LogP contribution in [0.1, 0.15) is 43.9 Å². The number of hydrogen-bond acceptors (Lipinski definition) is 8. The number of rotatable bonds is 15. The molecule has 11 heteroatoms. The highest BCUT2D eigenvalue weighted by molar-refractivity contribution is 5.73. The van der Waals surface area contributed by atoms with Gasteiger partial charge in [0.1, 0.15) is 11.9 Å². The first-order valence-electron chi connectivity index (χ1n) is 15.8. The van der Waals surface area contributed by atoms with Gasteiger partial charge >= 0.3 is 0 Å². The summed E-state index contributed by atoms with van der Waals surface area (Å²) in [4.78, 5) is 6.21. The van der Waals surface area contributed by atoms with Crippen LogP contribution in [-0.2, 0) is 9.57 Å². The van der Waals surface area contributed by atoms with Gasteiger partial charge in [0.2, 0.25) is 0 Å². The molecule has 46 heavy (non-hydrogen) atoms. The second kappa shape index (κ2) is 15.6. The number of nitrogens with zero attached hydrogens (tertiary/aromatic N) is 3. The summed E-state index contributed by atoms with van der Waals surface area (Å²) in [6.45, 7) is 8.40. The molecule has 1 aromatic heterocycles. The zero-order valence-corrected chi connectivity index (χ0v) is 26.8. The zero-order valence-electron chi connectivity index (χ0n) is 26.8. The number of aliphatic hydroxyl groups excluding tert-OH is 1. The quantitative estimate of drug-likeness (QED) is 0.0900. The van der Waals surface area contributed by atoms with E-state index in [4.69, 9.17) is 14.7 Å². The van der Waals surface area contributed by atoms with Gasteiger partial charge in [-0.1, -0.05) is 36.4 Å². The largest absolute Gasteiger partial charge is 0.385 e. The van der Waals surface area contributed by atoms with Crippen LogP contribution < -0.4 is 16.0 Å². The Morgan fingerprint density at radius 2 is 1.80 bits per heavy atom. The smallest absolute Gasteiger partial charge is 0.182 e. The molecule has 4 N–H and O–H groups in total. The summed E-state index contributed by atoms with van der Waals surface area (Å²) in [7, 11) is 1.67. The van der Waals surface area contributed by atoms with E-state index in [0.29, 0.717) is 37.6 Å². The summed E-state index contributed by atoms with van der Waals surface area (Å²) in [5.74, 6) is -1.32. The number of para-hydroxylation sites is 1. The predicted octanol–water partition coefficient (Wildman–Crippen LogP) is 6.25. The lowest BCUT2D eigenvalue weighted by Gasteiger charge is -2.22. The summed E-state index contributed by atoms with van der Waals surface area (Å²) in [6.07, 6.45) is 0.102. The van der Waals surface area contributed by atoms with Gasteiger partial charge < -0.3 is 20.5 Å². The number of aliphatic hydroxyl groups is 1. The molecule has 1 unspecified atom stereocenters. The molecule has 0 aliphatic carbocycles. The number of aromatic nitrogens is 2. The van der Waals surface area contributed by atoms with Gasteiger partial charge in [-0.15, -0.1) is 0 Å². The standard InChI is InChI=1S/C35H44F2N6O3/c1-23(2)39-28-12-10-11-25(19-28)32-24(3)34(43(41-32)29-13-6-5-7-14-29)40-35(44)38-21-27-22-42(17-8-9-18-45-4)46-33(27)26-15-16-30(36)31(37)20-26/h5-7,10-16,19-20,23,27,33,35,38-40,44H,8-9,17-18,21-22H2,1-4H3/t27-,33+,35?/m1/s1. The van der Waals surface area contributed by atoms with Crippen LogP contribution in [-0.4, -0.2) is 65.7 Å². The first-order valence-corrected chi connectivity index (χ1v) is 15.8. The zero-order chi connectivity index (χ0) is 32.6. The number of ether oxygens (including phenoxy) is 1. The molecular formula is C35H44F2N6O3. The molecule has 1 aliphatic rings. The summed E-state index contributed by atoms with van der Waals surface area (Å²) in [5.41, 5.74) is 5.00. The van der Waals surface area contributed by atoms with E-state index in [1.807, 2.05) is 60.5 Å². The van der Waals surface area contributed by atoms with Crippen molar-refractivity contribution >= 4 is 11.5 Å². The molecule has 3 atom stereocenters. The number of methoxy groups -OCH3 is 1. The molecular weight excluding hydrogens is 590 g/mol. The Morgan fingerprint density at radius 3 is 2.54 bits per heavy atom. The fraction of sp³-hybridized carbons (Fsp3) is 0.400. The van der Waals surface area contributed by atoms with Crippen LogP contribution in [0.15, 0.2) is 72.8 Å². The van der Waals surface area contributed by atoms with Crippen LogP contribution >= 0.6 is 0 Å². The van der Waals surface area contributed by atoms with Crippen molar-refractivity contribution in [2.45, 2.75) is 52.1 Å². The average Bonchev–Trinajstić information content (AvgIpc) is 3.60. The number of anilines is 2. The van der Waals surface area contributed by atoms with Crippen molar-refractivity contribution in [3.05, 3.63) is 95.6 Å². The van der Waals surface area contributed by atoms with Crippen molar-refractivity contribution in [3.63, 3.8) is 0 Å². The summed E-state index contributed by atoms with van der Waals surface area (Å²) < 4.78 is 34.9. The normalized spacial score (nSPS) is 17.5. The SMILES string of the molecule is COCCCCN1C[C@@H](CNC(O)Nc2c(C)c(-c3cccc(NC(C)C)c3)nn2-c2ccccc2)[C@H](c2ccc(F)c(F)c2)O1.